The zero-order valence-corrected chi connectivity index (χ0v) is 21.3. The number of hydrogen-bond acceptors (Lipinski definition) is 6. The van der Waals surface area contributed by atoms with Crippen LogP contribution in [0, 0.1) is 0 Å². The molecule has 1 fully saturated rings. The summed E-state index contributed by atoms with van der Waals surface area (Å²) in [5, 5.41) is 11.3. The van der Waals surface area contributed by atoms with Gasteiger partial charge >= 0.3 is 0 Å². The number of ether oxygens (including phenoxy) is 2. The van der Waals surface area contributed by atoms with Crippen molar-refractivity contribution in [2.24, 2.45) is 0 Å². The molecule has 1 aromatic heterocycles. The van der Waals surface area contributed by atoms with Gasteiger partial charge in [-0.1, -0.05) is 38.8 Å². The Morgan fingerprint density at radius 1 is 0.892 bits per heavy atom. The van der Waals surface area contributed by atoms with Crippen LogP contribution in [0.25, 0.3) is 5.76 Å². The third-order valence-corrected chi connectivity index (χ3v) is 6.30. The number of furan rings is 1. The Morgan fingerprint density at radius 2 is 1.49 bits per heavy atom. The summed E-state index contributed by atoms with van der Waals surface area (Å²) >= 11 is 0. The Hall–Kier alpha value is -4.00. The van der Waals surface area contributed by atoms with Crippen molar-refractivity contribution >= 4 is 17.4 Å². The first kappa shape index (κ1) is 26.1. The van der Waals surface area contributed by atoms with Gasteiger partial charge in [-0.2, -0.15) is 0 Å². The molecule has 2 heterocycles. The van der Waals surface area contributed by atoms with E-state index in [1.54, 1.807) is 36.4 Å². The van der Waals surface area contributed by atoms with E-state index < -0.39 is 17.7 Å². The lowest BCUT2D eigenvalue weighted by Crippen LogP contribution is -2.29. The fourth-order valence-corrected chi connectivity index (χ4v) is 4.24. The van der Waals surface area contributed by atoms with Gasteiger partial charge in [0.1, 0.15) is 23.0 Å². The van der Waals surface area contributed by atoms with Crippen molar-refractivity contribution in [1.82, 2.24) is 4.90 Å². The first-order valence-corrected chi connectivity index (χ1v) is 12.8. The summed E-state index contributed by atoms with van der Waals surface area (Å²) in [6.45, 7) is 5.51. The van der Waals surface area contributed by atoms with Crippen LogP contribution in [-0.2, 0) is 16.1 Å². The molecule has 1 unspecified atom stereocenters. The number of amides is 1. The van der Waals surface area contributed by atoms with Gasteiger partial charge in [0, 0.05) is 5.56 Å². The summed E-state index contributed by atoms with van der Waals surface area (Å²) in [4.78, 5) is 27.8. The molecule has 0 radical (unpaired) electrons. The molecule has 0 bridgehead atoms. The first-order valence-electron chi connectivity index (χ1n) is 12.8. The van der Waals surface area contributed by atoms with E-state index in [9.17, 15) is 14.7 Å². The molecule has 1 amide bonds. The molecule has 1 saturated heterocycles. The van der Waals surface area contributed by atoms with Gasteiger partial charge in [-0.15, -0.1) is 0 Å². The summed E-state index contributed by atoms with van der Waals surface area (Å²) in [5.74, 6) is 0.275. The van der Waals surface area contributed by atoms with Gasteiger partial charge in [0.15, 0.2) is 0 Å². The topological polar surface area (TPSA) is 89.2 Å². The number of rotatable bonds is 12. The maximum atomic E-state index is 13.2. The van der Waals surface area contributed by atoms with E-state index in [2.05, 4.69) is 13.8 Å². The molecule has 4 rings (SSSR count). The fraction of sp³-hybridized carbons (Fsp3) is 0.333. The van der Waals surface area contributed by atoms with Crippen LogP contribution in [0.2, 0.25) is 0 Å². The van der Waals surface area contributed by atoms with Crippen LogP contribution in [0.15, 0.2) is 76.9 Å². The van der Waals surface area contributed by atoms with E-state index in [1.165, 1.54) is 11.2 Å². The number of Topliss-reactive ketones (excluding diaryl/α,β-unsaturated/α-hetero) is 1. The molecule has 7 nitrogen and oxygen atoms in total. The number of aliphatic hydroxyl groups excluding tert-OH is 1. The van der Waals surface area contributed by atoms with Gasteiger partial charge in [-0.05, 0) is 66.9 Å². The Kier molecular flexibility index (Phi) is 8.67. The van der Waals surface area contributed by atoms with E-state index in [1.807, 2.05) is 24.3 Å². The number of benzene rings is 2. The minimum atomic E-state index is -0.782. The lowest BCUT2D eigenvalue weighted by molar-refractivity contribution is -0.140. The highest BCUT2D eigenvalue weighted by Gasteiger charge is 2.46. The van der Waals surface area contributed by atoms with Gasteiger partial charge in [0.25, 0.3) is 11.7 Å². The predicted molar refractivity (Wildman–Crippen MR) is 140 cm³/mol. The Labute approximate surface area is 217 Å². The predicted octanol–water partition coefficient (Wildman–Crippen LogP) is 6.26. The van der Waals surface area contributed by atoms with Crippen molar-refractivity contribution in [2.45, 2.75) is 52.1 Å². The highest BCUT2D eigenvalue weighted by Crippen LogP contribution is 2.41. The van der Waals surface area contributed by atoms with Crippen LogP contribution >= 0.6 is 0 Å². The molecule has 1 atom stereocenters. The third-order valence-electron chi connectivity index (χ3n) is 6.30. The molecular formula is C30H33NO6. The van der Waals surface area contributed by atoms with Gasteiger partial charge < -0.3 is 23.9 Å². The molecule has 0 saturated carbocycles. The lowest BCUT2D eigenvalue weighted by Gasteiger charge is -2.24. The van der Waals surface area contributed by atoms with Crippen molar-refractivity contribution in [3.63, 3.8) is 0 Å². The van der Waals surface area contributed by atoms with Gasteiger partial charge in [-0.25, -0.2) is 0 Å². The number of carbonyl (C=O) groups excluding carboxylic acids is 2. The molecule has 1 aliphatic heterocycles. The van der Waals surface area contributed by atoms with Crippen LogP contribution < -0.4 is 9.47 Å². The van der Waals surface area contributed by atoms with E-state index >= 15 is 0 Å². The monoisotopic (exact) mass is 503 g/mol. The van der Waals surface area contributed by atoms with Gasteiger partial charge in [-0.3, -0.25) is 9.59 Å². The Morgan fingerprint density at radius 3 is 2.03 bits per heavy atom. The Balaban J connectivity index is 1.68. The number of nitrogens with zero attached hydrogens (tertiary/aromatic N) is 1. The maximum absolute atomic E-state index is 13.2. The smallest absolute Gasteiger partial charge is 0.296 e. The number of carbonyl (C=O) groups is 2. The largest absolute Gasteiger partial charge is 0.507 e. The summed E-state index contributed by atoms with van der Waals surface area (Å²) in [6.07, 6.45) is 5.48. The minimum absolute atomic E-state index is 0.0378. The SMILES string of the molecule is CCCCOc1ccc(C(O)=C2C(=O)C(=O)N(Cc3ccco3)C2c2ccc(OCCCC)cc2)cc1. The van der Waals surface area contributed by atoms with Crippen LogP contribution in [0.1, 0.15) is 62.5 Å². The molecule has 194 valence electrons. The molecule has 1 aliphatic rings. The van der Waals surface area contributed by atoms with Crippen LogP contribution in [-0.4, -0.2) is 34.9 Å². The zero-order valence-electron chi connectivity index (χ0n) is 21.3. The molecule has 0 aliphatic carbocycles. The van der Waals surface area contributed by atoms with Gasteiger partial charge in [0.2, 0.25) is 0 Å². The van der Waals surface area contributed by atoms with Crippen molar-refractivity contribution in [1.29, 1.82) is 0 Å². The molecule has 2 aromatic carbocycles. The second kappa shape index (κ2) is 12.3. The quantitative estimate of drug-likeness (QED) is 0.136. The summed E-state index contributed by atoms with van der Waals surface area (Å²) in [6, 6.07) is 16.9. The summed E-state index contributed by atoms with van der Waals surface area (Å²) in [5.41, 5.74) is 1.16. The second-order valence-corrected chi connectivity index (χ2v) is 9.00. The van der Waals surface area contributed by atoms with Crippen LogP contribution in [0.5, 0.6) is 11.5 Å². The second-order valence-electron chi connectivity index (χ2n) is 9.00. The highest BCUT2D eigenvalue weighted by atomic mass is 16.5. The molecular weight excluding hydrogens is 470 g/mol. The van der Waals surface area contributed by atoms with E-state index in [4.69, 9.17) is 13.9 Å². The van der Waals surface area contributed by atoms with Crippen molar-refractivity contribution < 1.29 is 28.6 Å². The normalized spacial score (nSPS) is 16.8. The summed E-state index contributed by atoms with van der Waals surface area (Å²) in [7, 11) is 0. The molecule has 37 heavy (non-hydrogen) atoms. The Bertz CT molecular complexity index is 1210. The average molecular weight is 504 g/mol. The van der Waals surface area contributed by atoms with E-state index in [0.29, 0.717) is 41.6 Å². The number of hydrogen-bond donors (Lipinski definition) is 1. The summed E-state index contributed by atoms with van der Waals surface area (Å²) < 4.78 is 16.9. The average Bonchev–Trinajstić information content (AvgIpc) is 3.52. The van der Waals surface area contributed by atoms with Crippen molar-refractivity contribution in [3.05, 3.63) is 89.4 Å². The molecule has 7 heteroatoms. The van der Waals surface area contributed by atoms with Crippen LogP contribution in [0.3, 0.4) is 0 Å². The van der Waals surface area contributed by atoms with E-state index in [0.717, 1.165) is 25.7 Å². The fourth-order valence-electron chi connectivity index (χ4n) is 4.24. The number of aliphatic hydroxyl groups is 1. The number of ketones is 1. The highest BCUT2D eigenvalue weighted by molar-refractivity contribution is 6.46. The lowest BCUT2D eigenvalue weighted by atomic mass is 9.95. The minimum Gasteiger partial charge on any atom is -0.507 e. The first-order chi connectivity index (χ1) is 18.0. The number of likely N-dealkylation sites (tertiary alicyclic amines) is 1. The van der Waals surface area contributed by atoms with E-state index in [-0.39, 0.29) is 17.9 Å². The molecule has 3 aromatic rings. The van der Waals surface area contributed by atoms with Crippen LogP contribution in [0.4, 0.5) is 0 Å². The van der Waals surface area contributed by atoms with Gasteiger partial charge in [0.05, 0.1) is 37.6 Å². The van der Waals surface area contributed by atoms with Crippen molar-refractivity contribution in [3.8, 4) is 11.5 Å². The standard InChI is InChI=1S/C30H33NO6/c1-3-5-17-35-23-13-9-21(10-14-23)27-26(29(33)30(34)31(27)20-25-8-7-19-37-25)28(32)22-11-15-24(16-12-22)36-18-6-4-2/h7-16,19,27,32H,3-6,17-18,20H2,1-2H3. The number of unbranched alkanes of at least 4 members (excludes halogenated alkanes) is 2. The molecule has 1 N–H and O–H groups in total. The third kappa shape index (κ3) is 6.05. The molecule has 0 spiro atoms. The zero-order chi connectivity index (χ0) is 26.2. The van der Waals surface area contributed by atoms with Crippen molar-refractivity contribution in [2.75, 3.05) is 13.2 Å². The maximum Gasteiger partial charge on any atom is 0.296 e.